The number of hydrogen-bond donors (Lipinski definition) is 2. The largest absolute Gasteiger partial charge is 0.352 e. The molecular weight excluding hydrogens is 350 g/mol. The lowest BCUT2D eigenvalue weighted by Gasteiger charge is -2.22. The van der Waals surface area contributed by atoms with E-state index in [0.29, 0.717) is 10.8 Å². The topological polar surface area (TPSA) is 24.1 Å². The van der Waals surface area contributed by atoms with Gasteiger partial charge in [-0.1, -0.05) is 60.2 Å². The second kappa shape index (κ2) is 8.06. The van der Waals surface area contributed by atoms with Gasteiger partial charge >= 0.3 is 0 Å². The third kappa shape index (κ3) is 4.43. The van der Waals surface area contributed by atoms with Crippen LogP contribution in [-0.2, 0) is 0 Å². The number of anilines is 1. The van der Waals surface area contributed by atoms with Gasteiger partial charge in [-0.3, -0.25) is 0 Å². The van der Waals surface area contributed by atoms with Crippen molar-refractivity contribution in [2.45, 2.75) is 13.0 Å². The zero-order chi connectivity index (χ0) is 18.5. The fraction of sp³-hybridized carbons (Fsp3) is 0.0952. The molecule has 0 bridgehead atoms. The minimum atomic E-state index is -0.920. The Morgan fingerprint density at radius 1 is 0.846 bits per heavy atom. The first-order valence-electron chi connectivity index (χ1n) is 8.17. The maximum absolute atomic E-state index is 13.4. The number of benzene rings is 3. The van der Waals surface area contributed by atoms with Crippen molar-refractivity contribution in [3.8, 4) is 0 Å². The summed E-state index contributed by atoms with van der Waals surface area (Å²) in [4.78, 5) is 0. The molecule has 2 N–H and O–H groups in total. The van der Waals surface area contributed by atoms with Gasteiger partial charge in [-0.25, -0.2) is 8.78 Å². The predicted octanol–water partition coefficient (Wildman–Crippen LogP) is 5.35. The molecule has 26 heavy (non-hydrogen) atoms. The summed E-state index contributed by atoms with van der Waals surface area (Å²) >= 11 is 5.38. The van der Waals surface area contributed by atoms with Gasteiger partial charge in [-0.05, 0) is 42.4 Å². The van der Waals surface area contributed by atoms with E-state index in [1.807, 2.05) is 61.5 Å². The lowest BCUT2D eigenvalue weighted by atomic mass is 9.98. The second-order valence-corrected chi connectivity index (χ2v) is 6.39. The summed E-state index contributed by atoms with van der Waals surface area (Å²) in [5.41, 5.74) is 3.65. The molecule has 0 aliphatic rings. The van der Waals surface area contributed by atoms with Crippen LogP contribution in [0.3, 0.4) is 0 Å². The maximum Gasteiger partial charge on any atom is 0.171 e. The number of hydrogen-bond acceptors (Lipinski definition) is 1. The van der Waals surface area contributed by atoms with Crippen LogP contribution in [-0.4, -0.2) is 5.11 Å². The summed E-state index contributed by atoms with van der Waals surface area (Å²) in [5, 5.41) is 6.49. The Kier molecular flexibility index (Phi) is 5.58. The van der Waals surface area contributed by atoms with Crippen LogP contribution in [0.4, 0.5) is 14.5 Å². The molecule has 3 aromatic rings. The monoisotopic (exact) mass is 368 g/mol. The molecule has 0 amide bonds. The van der Waals surface area contributed by atoms with Crippen molar-refractivity contribution >= 4 is 23.0 Å². The molecule has 0 fully saturated rings. The van der Waals surface area contributed by atoms with Crippen LogP contribution in [0.5, 0.6) is 0 Å². The van der Waals surface area contributed by atoms with E-state index in [9.17, 15) is 8.78 Å². The molecule has 0 radical (unpaired) electrons. The van der Waals surface area contributed by atoms with Gasteiger partial charge in [0.25, 0.3) is 0 Å². The van der Waals surface area contributed by atoms with Gasteiger partial charge in [0, 0.05) is 11.8 Å². The highest BCUT2D eigenvalue weighted by Crippen LogP contribution is 2.23. The van der Waals surface area contributed by atoms with Crippen LogP contribution in [0.25, 0.3) is 0 Å². The first-order chi connectivity index (χ1) is 12.5. The third-order valence-electron chi connectivity index (χ3n) is 4.00. The van der Waals surface area contributed by atoms with Gasteiger partial charge in [-0.2, -0.15) is 0 Å². The van der Waals surface area contributed by atoms with E-state index in [1.165, 1.54) is 11.6 Å². The second-order valence-electron chi connectivity index (χ2n) is 5.98. The van der Waals surface area contributed by atoms with E-state index in [4.69, 9.17) is 12.2 Å². The summed E-state index contributed by atoms with van der Waals surface area (Å²) in [5.74, 6) is -1.81. The molecule has 132 valence electrons. The predicted molar refractivity (Wildman–Crippen MR) is 105 cm³/mol. The van der Waals surface area contributed by atoms with Crippen LogP contribution < -0.4 is 10.6 Å². The summed E-state index contributed by atoms with van der Waals surface area (Å²) in [6, 6.07) is 21.5. The van der Waals surface area contributed by atoms with Crippen LogP contribution in [0, 0.1) is 18.6 Å². The Morgan fingerprint density at radius 2 is 1.50 bits per heavy atom. The quantitative estimate of drug-likeness (QED) is 0.607. The minimum Gasteiger partial charge on any atom is -0.352 e. The van der Waals surface area contributed by atoms with Crippen LogP contribution >= 0.6 is 12.2 Å². The minimum absolute atomic E-state index is 0.165. The molecule has 3 rings (SSSR count). The normalized spacial score (nSPS) is 11.7. The van der Waals surface area contributed by atoms with Crippen LogP contribution in [0.1, 0.15) is 22.7 Å². The van der Waals surface area contributed by atoms with E-state index >= 15 is 0 Å². The SMILES string of the molecule is Cc1ccc(C(NC(=S)Nc2ccc(F)c(F)c2)c2ccccc2)cc1. The van der Waals surface area contributed by atoms with Crippen molar-refractivity contribution < 1.29 is 8.78 Å². The van der Waals surface area contributed by atoms with E-state index in [-0.39, 0.29) is 6.04 Å². The molecule has 0 saturated carbocycles. The molecule has 0 aliphatic heterocycles. The molecule has 2 nitrogen and oxygen atoms in total. The zero-order valence-electron chi connectivity index (χ0n) is 14.2. The van der Waals surface area contributed by atoms with Crippen molar-refractivity contribution in [2.24, 2.45) is 0 Å². The van der Waals surface area contributed by atoms with Gasteiger partial charge < -0.3 is 10.6 Å². The average molecular weight is 368 g/mol. The summed E-state index contributed by atoms with van der Waals surface area (Å²) in [6.07, 6.45) is 0. The Hall–Kier alpha value is -2.79. The number of thiocarbonyl (C=S) groups is 1. The molecule has 0 aromatic heterocycles. The lowest BCUT2D eigenvalue weighted by Crippen LogP contribution is -2.33. The highest BCUT2D eigenvalue weighted by molar-refractivity contribution is 7.80. The number of aryl methyl sites for hydroxylation is 1. The van der Waals surface area contributed by atoms with Crippen molar-refractivity contribution in [1.82, 2.24) is 5.32 Å². The van der Waals surface area contributed by atoms with E-state index < -0.39 is 11.6 Å². The van der Waals surface area contributed by atoms with Crippen molar-refractivity contribution in [1.29, 1.82) is 0 Å². The van der Waals surface area contributed by atoms with Gasteiger partial charge in [-0.15, -0.1) is 0 Å². The molecule has 1 atom stereocenters. The molecule has 0 heterocycles. The van der Waals surface area contributed by atoms with E-state index in [0.717, 1.165) is 23.3 Å². The summed E-state index contributed by atoms with van der Waals surface area (Å²) in [6.45, 7) is 2.03. The molecular formula is C21H18F2N2S. The van der Waals surface area contributed by atoms with Gasteiger partial charge in [0.2, 0.25) is 0 Å². The number of halogens is 2. The third-order valence-corrected chi connectivity index (χ3v) is 4.22. The first kappa shape index (κ1) is 18.0. The molecule has 0 spiro atoms. The fourth-order valence-corrected chi connectivity index (χ4v) is 2.87. The smallest absolute Gasteiger partial charge is 0.171 e. The Labute approximate surface area is 156 Å². The Bertz CT molecular complexity index is 896. The zero-order valence-corrected chi connectivity index (χ0v) is 15.0. The van der Waals surface area contributed by atoms with Crippen molar-refractivity contribution in [3.05, 3.63) is 101 Å². The van der Waals surface area contributed by atoms with E-state index in [1.54, 1.807) is 0 Å². The van der Waals surface area contributed by atoms with Gasteiger partial charge in [0.15, 0.2) is 16.7 Å². The molecule has 1 unspecified atom stereocenters. The maximum atomic E-state index is 13.4. The lowest BCUT2D eigenvalue weighted by molar-refractivity contribution is 0.509. The standard InChI is InChI=1S/C21H18F2N2S/c1-14-7-9-16(10-8-14)20(15-5-3-2-4-6-15)25-21(26)24-17-11-12-18(22)19(23)13-17/h2-13,20H,1H3,(H2,24,25,26). The van der Waals surface area contributed by atoms with Crippen molar-refractivity contribution in [2.75, 3.05) is 5.32 Å². The molecule has 0 aliphatic carbocycles. The highest BCUT2D eigenvalue weighted by Gasteiger charge is 2.15. The molecule has 0 saturated heterocycles. The van der Waals surface area contributed by atoms with Crippen LogP contribution in [0.2, 0.25) is 0 Å². The van der Waals surface area contributed by atoms with Crippen LogP contribution in [0.15, 0.2) is 72.8 Å². The number of nitrogens with one attached hydrogen (secondary N) is 2. The van der Waals surface area contributed by atoms with Gasteiger partial charge in [0.05, 0.1) is 6.04 Å². The summed E-state index contributed by atoms with van der Waals surface area (Å²) in [7, 11) is 0. The Morgan fingerprint density at radius 3 is 2.15 bits per heavy atom. The number of rotatable bonds is 4. The highest BCUT2D eigenvalue weighted by atomic mass is 32.1. The van der Waals surface area contributed by atoms with Gasteiger partial charge in [0.1, 0.15) is 0 Å². The first-order valence-corrected chi connectivity index (χ1v) is 8.58. The molecule has 3 aromatic carbocycles. The summed E-state index contributed by atoms with van der Waals surface area (Å²) < 4.78 is 26.5. The average Bonchev–Trinajstić information content (AvgIpc) is 2.64. The fourth-order valence-electron chi connectivity index (χ4n) is 2.64. The molecule has 5 heteroatoms. The van der Waals surface area contributed by atoms with Crippen molar-refractivity contribution in [3.63, 3.8) is 0 Å². The van der Waals surface area contributed by atoms with E-state index in [2.05, 4.69) is 10.6 Å². The Balaban J connectivity index is 1.82.